The molecule has 0 aromatic heterocycles. The van der Waals surface area contributed by atoms with Gasteiger partial charge in [-0.25, -0.2) is 14.0 Å². The van der Waals surface area contributed by atoms with Crippen LogP contribution in [0.25, 0.3) is 0 Å². The highest BCUT2D eigenvalue weighted by molar-refractivity contribution is 5.91. The van der Waals surface area contributed by atoms with Crippen molar-refractivity contribution >= 4 is 11.9 Å². The van der Waals surface area contributed by atoms with Crippen LogP contribution in [0.5, 0.6) is 0 Å². The Balaban J connectivity index is 1.74. The summed E-state index contributed by atoms with van der Waals surface area (Å²) in [4.78, 5) is 24.7. The molecule has 1 N–H and O–H groups in total. The molecule has 0 aliphatic carbocycles. The van der Waals surface area contributed by atoms with E-state index < -0.39 is 36.8 Å². The number of rotatable bonds is 4. The molecule has 1 aliphatic heterocycles. The number of aryl methyl sites for hydroxylation is 3. The van der Waals surface area contributed by atoms with E-state index in [1.807, 2.05) is 13.8 Å². The van der Waals surface area contributed by atoms with Crippen LogP contribution in [-0.4, -0.2) is 41.9 Å². The number of ether oxygens (including phenoxy) is 3. The SMILES string of the molecule is Cc1ccc(C(=O)O[C@@H]2[C@@H](OC(=O)c3ccc(C)cc3C)OC(O)[C@H]2F)cc1. The molecular weight excluding hydrogens is 367 g/mol. The number of aliphatic hydroxyl groups excluding tert-OH is 1. The van der Waals surface area contributed by atoms with Gasteiger partial charge in [-0.05, 0) is 44.5 Å². The van der Waals surface area contributed by atoms with E-state index in [1.54, 1.807) is 37.3 Å². The zero-order chi connectivity index (χ0) is 20.4. The molecule has 2 aromatic rings. The number of hydrogen-bond acceptors (Lipinski definition) is 6. The van der Waals surface area contributed by atoms with Crippen molar-refractivity contribution in [2.24, 2.45) is 0 Å². The van der Waals surface area contributed by atoms with E-state index in [2.05, 4.69) is 0 Å². The van der Waals surface area contributed by atoms with Crippen molar-refractivity contribution in [3.8, 4) is 0 Å². The third-order valence-corrected chi connectivity index (χ3v) is 4.48. The molecular formula is C21H21FO6. The lowest BCUT2D eigenvalue weighted by molar-refractivity contribution is -0.181. The predicted molar refractivity (Wildman–Crippen MR) is 97.5 cm³/mol. The summed E-state index contributed by atoms with van der Waals surface area (Å²) in [5.74, 6) is -1.57. The van der Waals surface area contributed by atoms with Gasteiger partial charge in [0.1, 0.15) is 0 Å². The van der Waals surface area contributed by atoms with Gasteiger partial charge in [0.2, 0.25) is 12.4 Å². The monoisotopic (exact) mass is 388 g/mol. The summed E-state index contributed by atoms with van der Waals surface area (Å²) < 4.78 is 29.6. The molecule has 1 aliphatic rings. The van der Waals surface area contributed by atoms with Crippen LogP contribution < -0.4 is 0 Å². The lowest BCUT2D eigenvalue weighted by atomic mass is 10.1. The number of esters is 2. The third kappa shape index (κ3) is 4.21. The molecule has 1 unspecified atom stereocenters. The molecule has 0 spiro atoms. The van der Waals surface area contributed by atoms with Crippen molar-refractivity contribution in [1.29, 1.82) is 0 Å². The molecule has 7 heteroatoms. The van der Waals surface area contributed by atoms with Crippen LogP contribution in [0.1, 0.15) is 37.4 Å². The number of carbonyl (C=O) groups is 2. The van der Waals surface area contributed by atoms with E-state index in [1.165, 1.54) is 12.1 Å². The summed E-state index contributed by atoms with van der Waals surface area (Å²) in [6.45, 7) is 5.48. The lowest BCUT2D eigenvalue weighted by Gasteiger charge is -2.20. The van der Waals surface area contributed by atoms with Crippen molar-refractivity contribution in [3.05, 3.63) is 70.3 Å². The summed E-state index contributed by atoms with van der Waals surface area (Å²) in [6.07, 6.45) is -7.06. The highest BCUT2D eigenvalue weighted by atomic mass is 19.1. The topological polar surface area (TPSA) is 82.1 Å². The van der Waals surface area contributed by atoms with Gasteiger partial charge in [0.15, 0.2) is 12.5 Å². The van der Waals surface area contributed by atoms with Crippen molar-refractivity contribution in [3.63, 3.8) is 0 Å². The molecule has 0 radical (unpaired) electrons. The standard InChI is InChI=1S/C21H21FO6/c1-11-4-7-14(8-5-11)18(23)26-17-16(22)20(25)28-21(17)27-19(24)15-9-6-12(2)10-13(15)3/h4-10,16-17,20-21,25H,1-3H3/t16-,17-,20?,21-/m0/s1. The van der Waals surface area contributed by atoms with Crippen LogP contribution in [-0.2, 0) is 14.2 Å². The largest absolute Gasteiger partial charge is 0.449 e. The zero-order valence-corrected chi connectivity index (χ0v) is 15.7. The minimum atomic E-state index is -2.05. The van der Waals surface area contributed by atoms with Gasteiger partial charge in [0, 0.05) is 0 Å². The fourth-order valence-corrected chi connectivity index (χ4v) is 2.91. The maximum atomic E-state index is 14.3. The van der Waals surface area contributed by atoms with Gasteiger partial charge in [0.25, 0.3) is 0 Å². The molecule has 0 saturated carbocycles. The van der Waals surface area contributed by atoms with Crippen molar-refractivity contribution in [2.45, 2.75) is 45.6 Å². The second-order valence-electron chi connectivity index (χ2n) is 6.80. The normalized spacial score (nSPS) is 24.0. The first-order chi connectivity index (χ1) is 13.3. The molecule has 3 rings (SSSR count). The number of halogens is 1. The molecule has 1 saturated heterocycles. The first kappa shape index (κ1) is 20.0. The second kappa shape index (κ2) is 8.08. The van der Waals surface area contributed by atoms with Crippen molar-refractivity contribution in [1.82, 2.24) is 0 Å². The molecule has 2 aromatic carbocycles. The van der Waals surface area contributed by atoms with E-state index in [-0.39, 0.29) is 11.1 Å². The first-order valence-electron chi connectivity index (χ1n) is 8.80. The molecule has 1 fully saturated rings. The number of hydrogen-bond donors (Lipinski definition) is 1. The van der Waals surface area contributed by atoms with E-state index in [0.717, 1.165) is 11.1 Å². The van der Waals surface area contributed by atoms with Crippen LogP contribution in [0, 0.1) is 20.8 Å². The summed E-state index contributed by atoms with van der Waals surface area (Å²) >= 11 is 0. The molecule has 1 heterocycles. The first-order valence-corrected chi connectivity index (χ1v) is 8.80. The maximum absolute atomic E-state index is 14.3. The molecule has 0 amide bonds. The van der Waals surface area contributed by atoms with Crippen molar-refractivity contribution < 1.29 is 33.3 Å². The lowest BCUT2D eigenvalue weighted by Crippen LogP contribution is -2.37. The molecule has 0 bridgehead atoms. The maximum Gasteiger partial charge on any atom is 0.340 e. The minimum absolute atomic E-state index is 0.207. The van der Waals surface area contributed by atoms with Gasteiger partial charge in [0.05, 0.1) is 11.1 Å². The fourth-order valence-electron chi connectivity index (χ4n) is 2.91. The van der Waals surface area contributed by atoms with Gasteiger partial charge in [-0.2, -0.15) is 0 Å². The number of aliphatic hydroxyl groups is 1. The minimum Gasteiger partial charge on any atom is -0.449 e. The Morgan fingerprint density at radius 3 is 2.25 bits per heavy atom. The fraction of sp³-hybridized carbons (Fsp3) is 0.333. The number of benzene rings is 2. The average molecular weight is 388 g/mol. The van der Waals surface area contributed by atoms with E-state index in [0.29, 0.717) is 5.56 Å². The number of carbonyl (C=O) groups excluding carboxylic acids is 2. The van der Waals surface area contributed by atoms with Crippen LogP contribution in [0.15, 0.2) is 42.5 Å². The zero-order valence-electron chi connectivity index (χ0n) is 15.7. The highest BCUT2D eigenvalue weighted by Crippen LogP contribution is 2.28. The van der Waals surface area contributed by atoms with Gasteiger partial charge in [-0.15, -0.1) is 0 Å². The van der Waals surface area contributed by atoms with Gasteiger partial charge < -0.3 is 19.3 Å². The summed E-state index contributed by atoms with van der Waals surface area (Å²) in [7, 11) is 0. The quantitative estimate of drug-likeness (QED) is 0.811. The highest BCUT2D eigenvalue weighted by Gasteiger charge is 2.49. The van der Waals surface area contributed by atoms with Gasteiger partial charge in [-0.3, -0.25) is 0 Å². The van der Waals surface area contributed by atoms with Gasteiger partial charge in [-0.1, -0.05) is 35.4 Å². The van der Waals surface area contributed by atoms with Crippen molar-refractivity contribution in [2.75, 3.05) is 0 Å². The number of alkyl halides is 1. The summed E-state index contributed by atoms with van der Waals surface area (Å²) in [6, 6.07) is 11.6. The van der Waals surface area contributed by atoms with Crippen LogP contribution in [0.3, 0.4) is 0 Å². The molecule has 6 nitrogen and oxygen atoms in total. The molecule has 4 atom stereocenters. The Labute approximate surface area is 161 Å². The van der Waals surface area contributed by atoms with Gasteiger partial charge >= 0.3 is 11.9 Å². The van der Waals surface area contributed by atoms with E-state index in [4.69, 9.17) is 14.2 Å². The molecule has 28 heavy (non-hydrogen) atoms. The predicted octanol–water partition coefficient (Wildman–Crippen LogP) is 3.01. The van der Waals surface area contributed by atoms with Crippen LogP contribution in [0.2, 0.25) is 0 Å². The Morgan fingerprint density at radius 1 is 0.964 bits per heavy atom. The van der Waals surface area contributed by atoms with Crippen LogP contribution in [0.4, 0.5) is 4.39 Å². The Bertz CT molecular complexity index is 879. The summed E-state index contributed by atoms with van der Waals surface area (Å²) in [5.41, 5.74) is 3.07. The smallest absolute Gasteiger partial charge is 0.340 e. The Morgan fingerprint density at radius 2 is 1.61 bits per heavy atom. The Kier molecular flexibility index (Phi) is 5.76. The Hall–Kier alpha value is -2.77. The third-order valence-electron chi connectivity index (χ3n) is 4.48. The van der Waals surface area contributed by atoms with E-state index >= 15 is 0 Å². The molecule has 148 valence electrons. The average Bonchev–Trinajstić information content (AvgIpc) is 2.89. The van der Waals surface area contributed by atoms with E-state index in [9.17, 15) is 19.1 Å². The summed E-state index contributed by atoms with van der Waals surface area (Å²) in [5, 5.41) is 9.65. The van der Waals surface area contributed by atoms with Crippen LogP contribution >= 0.6 is 0 Å². The second-order valence-corrected chi connectivity index (χ2v) is 6.80.